The van der Waals surface area contributed by atoms with Crippen molar-refractivity contribution in [2.45, 2.75) is 51.5 Å². The molecule has 6 nitrogen and oxygen atoms in total. The average Bonchev–Trinajstić information content (AvgIpc) is 2.33. The number of unbranched alkanes of at least 4 members (excludes halogenated alkanes) is 2. The summed E-state index contributed by atoms with van der Waals surface area (Å²) >= 11 is 0. The highest BCUT2D eigenvalue weighted by Gasteiger charge is 2.20. The zero-order chi connectivity index (χ0) is 14.7. The summed E-state index contributed by atoms with van der Waals surface area (Å²) in [6.45, 7) is 1.92. The number of carbonyl (C=O) groups excluding carboxylic acids is 1. The standard InChI is InChI=1S/C13H21NO5/c1-2-3-4-5-6-7-11(15)14-10(13(18)19)8-9-12(16)17/h2-3,10H,4-9H2,1H3,(H,14,15)(H,16,17)(H,18,19)/b3-2+/t10-/m0/s1. The number of carbonyl (C=O) groups is 3. The lowest BCUT2D eigenvalue weighted by atomic mass is 10.1. The lowest BCUT2D eigenvalue weighted by Crippen LogP contribution is -2.41. The van der Waals surface area contributed by atoms with Gasteiger partial charge in [-0.2, -0.15) is 0 Å². The number of carboxylic acid groups (broad SMARTS) is 2. The van der Waals surface area contributed by atoms with Gasteiger partial charge in [0.05, 0.1) is 0 Å². The average molecular weight is 271 g/mol. The number of amides is 1. The van der Waals surface area contributed by atoms with E-state index in [0.29, 0.717) is 6.42 Å². The highest BCUT2D eigenvalue weighted by molar-refractivity contribution is 5.83. The zero-order valence-electron chi connectivity index (χ0n) is 11.1. The van der Waals surface area contributed by atoms with Gasteiger partial charge in [0, 0.05) is 12.8 Å². The summed E-state index contributed by atoms with van der Waals surface area (Å²) in [4.78, 5) is 32.7. The predicted molar refractivity (Wildman–Crippen MR) is 69.7 cm³/mol. The van der Waals surface area contributed by atoms with E-state index in [9.17, 15) is 14.4 Å². The number of carboxylic acids is 2. The highest BCUT2D eigenvalue weighted by Crippen LogP contribution is 2.03. The largest absolute Gasteiger partial charge is 0.481 e. The molecule has 0 bridgehead atoms. The quantitative estimate of drug-likeness (QED) is 0.413. The molecule has 1 atom stereocenters. The molecule has 1 amide bonds. The van der Waals surface area contributed by atoms with Gasteiger partial charge in [-0.05, 0) is 32.6 Å². The van der Waals surface area contributed by atoms with E-state index < -0.39 is 18.0 Å². The molecule has 0 heterocycles. The van der Waals surface area contributed by atoms with Gasteiger partial charge in [-0.3, -0.25) is 9.59 Å². The third-order valence-electron chi connectivity index (χ3n) is 2.54. The van der Waals surface area contributed by atoms with Gasteiger partial charge in [0.15, 0.2) is 0 Å². The first-order valence-electron chi connectivity index (χ1n) is 6.32. The van der Waals surface area contributed by atoms with Crippen molar-refractivity contribution in [3.05, 3.63) is 12.2 Å². The Hall–Kier alpha value is -1.85. The Kier molecular flexibility index (Phi) is 9.12. The molecular formula is C13H21NO5. The minimum atomic E-state index is -1.21. The summed E-state index contributed by atoms with van der Waals surface area (Å²) in [6.07, 6.45) is 6.26. The maximum atomic E-state index is 11.5. The molecule has 0 fully saturated rings. The van der Waals surface area contributed by atoms with Gasteiger partial charge in [-0.1, -0.05) is 12.2 Å². The van der Waals surface area contributed by atoms with Crippen LogP contribution in [0.15, 0.2) is 12.2 Å². The van der Waals surface area contributed by atoms with Gasteiger partial charge < -0.3 is 15.5 Å². The van der Waals surface area contributed by atoms with Crippen LogP contribution in [0.2, 0.25) is 0 Å². The van der Waals surface area contributed by atoms with Crippen molar-refractivity contribution in [2.24, 2.45) is 0 Å². The minimum absolute atomic E-state index is 0.102. The summed E-state index contributed by atoms with van der Waals surface area (Å²) in [7, 11) is 0. The zero-order valence-corrected chi connectivity index (χ0v) is 11.1. The second-order valence-electron chi connectivity index (χ2n) is 4.21. The van der Waals surface area contributed by atoms with Crippen LogP contribution in [0.25, 0.3) is 0 Å². The summed E-state index contributed by atoms with van der Waals surface area (Å²) in [5.41, 5.74) is 0. The summed E-state index contributed by atoms with van der Waals surface area (Å²) < 4.78 is 0. The first-order chi connectivity index (χ1) is 8.97. The monoisotopic (exact) mass is 271 g/mol. The van der Waals surface area contributed by atoms with Crippen LogP contribution in [-0.2, 0) is 14.4 Å². The molecule has 0 radical (unpaired) electrons. The van der Waals surface area contributed by atoms with Crippen LogP contribution in [0.4, 0.5) is 0 Å². The minimum Gasteiger partial charge on any atom is -0.481 e. The first kappa shape index (κ1) is 17.2. The molecule has 0 aromatic heterocycles. The molecule has 0 spiro atoms. The fraction of sp³-hybridized carbons (Fsp3) is 0.615. The molecule has 108 valence electrons. The van der Waals surface area contributed by atoms with Crippen molar-refractivity contribution >= 4 is 17.8 Å². The maximum Gasteiger partial charge on any atom is 0.326 e. The van der Waals surface area contributed by atoms with Crippen molar-refractivity contribution in [1.29, 1.82) is 0 Å². The smallest absolute Gasteiger partial charge is 0.326 e. The van der Waals surface area contributed by atoms with Crippen molar-refractivity contribution in [3.63, 3.8) is 0 Å². The van der Waals surface area contributed by atoms with Gasteiger partial charge >= 0.3 is 11.9 Å². The third kappa shape index (κ3) is 9.82. The SMILES string of the molecule is C/C=C/CCCCC(=O)N[C@@H](CCC(=O)O)C(=O)O. The van der Waals surface area contributed by atoms with Crippen LogP contribution in [0, 0.1) is 0 Å². The van der Waals surface area contributed by atoms with Gasteiger partial charge in [0.2, 0.25) is 5.91 Å². The first-order valence-corrected chi connectivity index (χ1v) is 6.32. The van der Waals surface area contributed by atoms with E-state index in [0.717, 1.165) is 12.8 Å². The Morgan fingerprint density at radius 1 is 1.16 bits per heavy atom. The molecular weight excluding hydrogens is 250 g/mol. The molecule has 0 aliphatic heterocycles. The van der Waals surface area contributed by atoms with E-state index in [-0.39, 0.29) is 25.2 Å². The van der Waals surface area contributed by atoms with Gasteiger partial charge in [-0.15, -0.1) is 0 Å². The van der Waals surface area contributed by atoms with E-state index in [2.05, 4.69) is 5.32 Å². The topological polar surface area (TPSA) is 104 Å². The van der Waals surface area contributed by atoms with Crippen LogP contribution >= 0.6 is 0 Å². The second kappa shape index (κ2) is 10.1. The van der Waals surface area contributed by atoms with E-state index in [1.54, 1.807) is 0 Å². The molecule has 0 aromatic rings. The fourth-order valence-electron chi connectivity index (χ4n) is 1.51. The lowest BCUT2D eigenvalue weighted by Gasteiger charge is -2.13. The summed E-state index contributed by atoms with van der Waals surface area (Å²) in [6, 6.07) is -1.13. The van der Waals surface area contributed by atoms with Crippen LogP contribution in [-0.4, -0.2) is 34.1 Å². The molecule has 0 saturated heterocycles. The molecule has 0 aromatic carbocycles. The number of rotatable bonds is 10. The van der Waals surface area contributed by atoms with E-state index in [4.69, 9.17) is 10.2 Å². The summed E-state index contributed by atoms with van der Waals surface area (Å²) in [5, 5.41) is 19.7. The molecule has 3 N–H and O–H groups in total. The van der Waals surface area contributed by atoms with Crippen LogP contribution in [0.5, 0.6) is 0 Å². The predicted octanol–water partition coefficient (Wildman–Crippen LogP) is 1.56. The Labute approximate surface area is 112 Å². The number of allylic oxidation sites excluding steroid dienone is 2. The molecule has 0 rings (SSSR count). The molecule has 0 saturated carbocycles. The number of hydrogen-bond acceptors (Lipinski definition) is 3. The molecule has 0 aliphatic rings. The Bertz CT molecular complexity index is 338. The third-order valence-corrected chi connectivity index (χ3v) is 2.54. The number of aliphatic carboxylic acids is 2. The van der Waals surface area contributed by atoms with Gasteiger partial charge in [-0.25, -0.2) is 4.79 Å². The van der Waals surface area contributed by atoms with E-state index in [1.165, 1.54) is 0 Å². The van der Waals surface area contributed by atoms with Crippen molar-refractivity contribution in [1.82, 2.24) is 5.32 Å². The number of hydrogen-bond donors (Lipinski definition) is 3. The van der Waals surface area contributed by atoms with Crippen LogP contribution < -0.4 is 5.32 Å². The molecule has 19 heavy (non-hydrogen) atoms. The maximum absolute atomic E-state index is 11.5. The molecule has 6 heteroatoms. The molecule has 0 unspecified atom stereocenters. The number of nitrogens with one attached hydrogen (secondary N) is 1. The normalized spacial score (nSPS) is 12.3. The summed E-state index contributed by atoms with van der Waals surface area (Å²) in [5.74, 6) is -2.63. The van der Waals surface area contributed by atoms with Crippen molar-refractivity contribution < 1.29 is 24.6 Å². The van der Waals surface area contributed by atoms with E-state index >= 15 is 0 Å². The Morgan fingerprint density at radius 2 is 1.84 bits per heavy atom. The highest BCUT2D eigenvalue weighted by atomic mass is 16.4. The van der Waals surface area contributed by atoms with Crippen molar-refractivity contribution in [2.75, 3.05) is 0 Å². The molecule has 0 aliphatic carbocycles. The van der Waals surface area contributed by atoms with Crippen LogP contribution in [0.3, 0.4) is 0 Å². The van der Waals surface area contributed by atoms with Crippen molar-refractivity contribution in [3.8, 4) is 0 Å². The fourth-order valence-corrected chi connectivity index (χ4v) is 1.51. The van der Waals surface area contributed by atoms with Gasteiger partial charge in [0.1, 0.15) is 6.04 Å². The van der Waals surface area contributed by atoms with Crippen LogP contribution in [0.1, 0.15) is 45.4 Å². The Balaban J connectivity index is 3.96. The Morgan fingerprint density at radius 3 is 2.37 bits per heavy atom. The lowest BCUT2D eigenvalue weighted by molar-refractivity contribution is -0.143. The van der Waals surface area contributed by atoms with Gasteiger partial charge in [0.25, 0.3) is 0 Å². The second-order valence-corrected chi connectivity index (χ2v) is 4.21. The van der Waals surface area contributed by atoms with E-state index in [1.807, 2.05) is 19.1 Å².